The summed E-state index contributed by atoms with van der Waals surface area (Å²) in [6, 6.07) is 8.79. The van der Waals surface area contributed by atoms with E-state index < -0.39 is 6.04 Å². The van der Waals surface area contributed by atoms with Gasteiger partial charge < -0.3 is 21.7 Å². The molecule has 5 N–H and O–H groups in total. The molecule has 1 saturated carbocycles. The minimum absolute atomic E-state index is 0.0290. The Morgan fingerprint density at radius 3 is 2.43 bits per heavy atom. The summed E-state index contributed by atoms with van der Waals surface area (Å²) in [7, 11) is 0. The zero-order chi connectivity index (χ0) is 19.9. The molecular weight excluding hydrogens is 352 g/mol. The van der Waals surface area contributed by atoms with Crippen molar-refractivity contribution in [1.82, 2.24) is 10.2 Å². The summed E-state index contributed by atoms with van der Waals surface area (Å²) in [5.74, 6) is 1.02. The number of amides is 2. The third-order valence-corrected chi connectivity index (χ3v) is 6.32. The molecule has 1 heterocycles. The SMILES string of the molecule is NCC1CCC(CNC(=O)C2CCCN2C(=O)[C@H](N)Cc2ccccc2)CC1. The van der Waals surface area contributed by atoms with E-state index in [4.69, 9.17) is 11.5 Å². The first-order valence-electron chi connectivity index (χ1n) is 10.7. The third-order valence-electron chi connectivity index (χ3n) is 6.32. The van der Waals surface area contributed by atoms with Crippen LogP contribution in [0.1, 0.15) is 44.1 Å². The van der Waals surface area contributed by atoms with Gasteiger partial charge in [-0.25, -0.2) is 0 Å². The predicted molar refractivity (Wildman–Crippen MR) is 110 cm³/mol. The normalized spacial score (nSPS) is 26.1. The molecule has 1 aliphatic carbocycles. The second kappa shape index (κ2) is 10.0. The largest absolute Gasteiger partial charge is 0.354 e. The molecule has 154 valence electrons. The fourth-order valence-corrected chi connectivity index (χ4v) is 4.51. The first-order chi connectivity index (χ1) is 13.6. The van der Waals surface area contributed by atoms with Crippen LogP contribution < -0.4 is 16.8 Å². The molecule has 1 unspecified atom stereocenters. The molecular formula is C22H34N4O2. The highest BCUT2D eigenvalue weighted by Gasteiger charge is 2.36. The molecule has 3 rings (SSSR count). The number of nitrogens with two attached hydrogens (primary N) is 2. The van der Waals surface area contributed by atoms with E-state index in [1.165, 1.54) is 0 Å². The van der Waals surface area contributed by atoms with Crippen molar-refractivity contribution in [3.63, 3.8) is 0 Å². The Bertz CT molecular complexity index is 643. The molecule has 2 amide bonds. The molecule has 1 aliphatic heterocycles. The maximum atomic E-state index is 12.8. The van der Waals surface area contributed by atoms with Crippen LogP contribution >= 0.6 is 0 Å². The third kappa shape index (κ3) is 5.32. The van der Waals surface area contributed by atoms with Crippen LogP contribution in [0.5, 0.6) is 0 Å². The minimum Gasteiger partial charge on any atom is -0.354 e. The maximum absolute atomic E-state index is 12.8. The number of rotatable bonds is 7. The minimum atomic E-state index is -0.609. The summed E-state index contributed by atoms with van der Waals surface area (Å²) in [6.07, 6.45) is 6.61. The van der Waals surface area contributed by atoms with Gasteiger partial charge in [-0.3, -0.25) is 9.59 Å². The highest BCUT2D eigenvalue weighted by molar-refractivity contribution is 5.90. The van der Waals surface area contributed by atoms with E-state index in [0.717, 1.165) is 50.6 Å². The van der Waals surface area contributed by atoms with E-state index in [0.29, 0.717) is 31.3 Å². The van der Waals surface area contributed by atoms with Gasteiger partial charge in [-0.2, -0.15) is 0 Å². The van der Waals surface area contributed by atoms with Crippen LogP contribution in [0, 0.1) is 11.8 Å². The highest BCUT2D eigenvalue weighted by Crippen LogP contribution is 2.27. The zero-order valence-electron chi connectivity index (χ0n) is 16.7. The fraction of sp³-hybridized carbons (Fsp3) is 0.636. The van der Waals surface area contributed by atoms with E-state index in [-0.39, 0.29) is 17.9 Å². The Kier molecular flexibility index (Phi) is 7.45. The second-order valence-corrected chi connectivity index (χ2v) is 8.35. The van der Waals surface area contributed by atoms with Gasteiger partial charge in [-0.15, -0.1) is 0 Å². The van der Waals surface area contributed by atoms with Gasteiger partial charge in [0.2, 0.25) is 11.8 Å². The molecule has 1 saturated heterocycles. The molecule has 2 fully saturated rings. The van der Waals surface area contributed by atoms with Crippen LogP contribution in [0.2, 0.25) is 0 Å². The van der Waals surface area contributed by atoms with Gasteiger partial charge >= 0.3 is 0 Å². The predicted octanol–water partition coefficient (Wildman–Crippen LogP) is 1.43. The number of carbonyl (C=O) groups is 2. The van der Waals surface area contributed by atoms with Gasteiger partial charge in [0.05, 0.1) is 6.04 Å². The summed E-state index contributed by atoms with van der Waals surface area (Å²) in [5.41, 5.74) is 13.0. The Balaban J connectivity index is 1.49. The molecule has 0 aromatic heterocycles. The van der Waals surface area contributed by atoms with Crippen molar-refractivity contribution >= 4 is 11.8 Å². The maximum Gasteiger partial charge on any atom is 0.242 e. The molecule has 2 atom stereocenters. The van der Waals surface area contributed by atoms with Crippen molar-refractivity contribution in [2.75, 3.05) is 19.6 Å². The average molecular weight is 387 g/mol. The summed E-state index contributed by atoms with van der Waals surface area (Å²) in [6.45, 7) is 2.08. The van der Waals surface area contributed by atoms with Crippen molar-refractivity contribution in [2.45, 2.75) is 57.0 Å². The number of likely N-dealkylation sites (tertiary alicyclic amines) is 1. The second-order valence-electron chi connectivity index (χ2n) is 8.35. The number of benzene rings is 1. The van der Waals surface area contributed by atoms with E-state index in [9.17, 15) is 9.59 Å². The smallest absolute Gasteiger partial charge is 0.242 e. The van der Waals surface area contributed by atoms with Gasteiger partial charge in [0.15, 0.2) is 0 Å². The Morgan fingerprint density at radius 1 is 1.07 bits per heavy atom. The summed E-state index contributed by atoms with van der Waals surface area (Å²) >= 11 is 0. The van der Waals surface area contributed by atoms with Gasteiger partial charge in [-0.1, -0.05) is 30.3 Å². The zero-order valence-corrected chi connectivity index (χ0v) is 16.7. The van der Waals surface area contributed by atoms with Crippen molar-refractivity contribution in [2.24, 2.45) is 23.3 Å². The lowest BCUT2D eigenvalue weighted by Crippen LogP contribution is -2.52. The molecule has 0 radical (unpaired) electrons. The first kappa shape index (κ1) is 20.8. The van der Waals surface area contributed by atoms with E-state index in [1.807, 2.05) is 30.3 Å². The standard InChI is InChI=1S/C22H34N4O2/c23-14-17-8-10-18(11-9-17)15-25-21(27)20-7-4-12-26(20)22(28)19(24)13-16-5-2-1-3-6-16/h1-3,5-6,17-20H,4,7-15,23-24H2,(H,25,27)/t17?,18?,19-,20?/m1/s1. The molecule has 6 nitrogen and oxygen atoms in total. The Hall–Kier alpha value is -1.92. The number of nitrogens with one attached hydrogen (secondary N) is 1. The number of carbonyl (C=O) groups excluding carboxylic acids is 2. The molecule has 0 spiro atoms. The summed E-state index contributed by atoms with van der Waals surface area (Å²) in [5, 5.41) is 3.10. The van der Waals surface area contributed by atoms with Crippen molar-refractivity contribution in [3.8, 4) is 0 Å². The number of hydrogen-bond donors (Lipinski definition) is 3. The Morgan fingerprint density at radius 2 is 1.75 bits per heavy atom. The average Bonchev–Trinajstić information content (AvgIpc) is 3.22. The van der Waals surface area contributed by atoms with Crippen LogP contribution in [0.25, 0.3) is 0 Å². The van der Waals surface area contributed by atoms with E-state index >= 15 is 0 Å². The van der Waals surface area contributed by atoms with Crippen molar-refractivity contribution in [3.05, 3.63) is 35.9 Å². The van der Waals surface area contributed by atoms with Gasteiger partial charge in [0.25, 0.3) is 0 Å². The van der Waals surface area contributed by atoms with Crippen molar-refractivity contribution < 1.29 is 9.59 Å². The van der Waals surface area contributed by atoms with Crippen LogP contribution in [0.15, 0.2) is 30.3 Å². The topological polar surface area (TPSA) is 101 Å². The molecule has 0 bridgehead atoms. The summed E-state index contributed by atoms with van der Waals surface area (Å²) in [4.78, 5) is 27.3. The molecule has 2 aliphatic rings. The van der Waals surface area contributed by atoms with Crippen LogP contribution in [-0.4, -0.2) is 48.4 Å². The van der Waals surface area contributed by atoms with Crippen molar-refractivity contribution in [1.29, 1.82) is 0 Å². The van der Waals surface area contributed by atoms with Gasteiger partial charge in [-0.05, 0) is 68.9 Å². The number of nitrogens with zero attached hydrogens (tertiary/aromatic N) is 1. The summed E-state index contributed by atoms with van der Waals surface area (Å²) < 4.78 is 0. The monoisotopic (exact) mass is 386 g/mol. The fourth-order valence-electron chi connectivity index (χ4n) is 4.51. The van der Waals surface area contributed by atoms with Gasteiger partial charge in [0.1, 0.15) is 6.04 Å². The lowest BCUT2D eigenvalue weighted by atomic mass is 9.82. The Labute approximate surface area is 168 Å². The van der Waals surface area contributed by atoms with Crippen LogP contribution in [-0.2, 0) is 16.0 Å². The van der Waals surface area contributed by atoms with Crippen LogP contribution in [0.3, 0.4) is 0 Å². The van der Waals surface area contributed by atoms with Crippen LogP contribution in [0.4, 0.5) is 0 Å². The first-order valence-corrected chi connectivity index (χ1v) is 10.7. The highest BCUT2D eigenvalue weighted by atomic mass is 16.2. The lowest BCUT2D eigenvalue weighted by molar-refractivity contribution is -0.139. The van der Waals surface area contributed by atoms with Gasteiger partial charge in [0, 0.05) is 13.1 Å². The van der Waals surface area contributed by atoms with E-state index in [2.05, 4.69) is 5.32 Å². The molecule has 1 aromatic carbocycles. The number of hydrogen-bond acceptors (Lipinski definition) is 4. The quantitative estimate of drug-likeness (QED) is 0.660. The molecule has 1 aromatic rings. The lowest BCUT2D eigenvalue weighted by Gasteiger charge is -2.30. The molecule has 6 heteroatoms. The molecule has 28 heavy (non-hydrogen) atoms. The van der Waals surface area contributed by atoms with E-state index in [1.54, 1.807) is 4.90 Å².